The van der Waals surface area contributed by atoms with E-state index in [9.17, 15) is 0 Å². The summed E-state index contributed by atoms with van der Waals surface area (Å²) in [6.45, 7) is 3.19. The van der Waals surface area contributed by atoms with Crippen molar-refractivity contribution in [1.29, 1.82) is 0 Å². The number of benzene rings is 3. The van der Waals surface area contributed by atoms with Gasteiger partial charge < -0.3 is 15.0 Å². The zero-order chi connectivity index (χ0) is 21.6. The molecule has 3 nitrogen and oxygen atoms in total. The number of nitrogens with one attached hydrogen (secondary N) is 1. The van der Waals surface area contributed by atoms with Gasteiger partial charge in [0.15, 0.2) is 0 Å². The molecular formula is C25H25Cl3N2O. The van der Waals surface area contributed by atoms with Crippen molar-refractivity contribution in [2.45, 2.75) is 32.4 Å². The van der Waals surface area contributed by atoms with Crippen LogP contribution in [0.3, 0.4) is 0 Å². The summed E-state index contributed by atoms with van der Waals surface area (Å²) in [6, 6.07) is 19.5. The molecule has 31 heavy (non-hydrogen) atoms. The first-order valence-corrected chi connectivity index (χ1v) is 11.7. The Kier molecular flexibility index (Phi) is 7.49. The minimum Gasteiger partial charge on any atom is -0.489 e. The molecule has 0 saturated carbocycles. The summed E-state index contributed by atoms with van der Waals surface area (Å²) >= 11 is 18.8. The molecule has 0 aromatic heterocycles. The largest absolute Gasteiger partial charge is 0.489 e. The van der Waals surface area contributed by atoms with Crippen LogP contribution in [-0.4, -0.2) is 13.1 Å². The third-order valence-corrected chi connectivity index (χ3v) is 6.25. The van der Waals surface area contributed by atoms with Gasteiger partial charge in [0.25, 0.3) is 0 Å². The van der Waals surface area contributed by atoms with Crippen molar-refractivity contribution in [1.82, 2.24) is 0 Å². The normalized spacial score (nSPS) is 13.8. The van der Waals surface area contributed by atoms with Crippen LogP contribution in [0.2, 0.25) is 15.1 Å². The highest BCUT2D eigenvalue weighted by molar-refractivity contribution is 6.33. The maximum absolute atomic E-state index is 6.59. The fourth-order valence-corrected chi connectivity index (χ4v) is 4.39. The molecule has 1 fully saturated rings. The Labute approximate surface area is 198 Å². The average molecular weight is 476 g/mol. The lowest BCUT2D eigenvalue weighted by Gasteiger charge is -2.29. The fourth-order valence-electron chi connectivity index (χ4n) is 3.77. The van der Waals surface area contributed by atoms with E-state index < -0.39 is 0 Å². The number of halogens is 3. The lowest BCUT2D eigenvalue weighted by atomic mass is 10.1. The van der Waals surface area contributed by atoms with Crippen LogP contribution < -0.4 is 15.0 Å². The van der Waals surface area contributed by atoms with Crippen molar-refractivity contribution in [3.05, 3.63) is 86.9 Å². The average Bonchev–Trinajstić information content (AvgIpc) is 2.79. The van der Waals surface area contributed by atoms with Gasteiger partial charge in [-0.2, -0.15) is 0 Å². The molecule has 162 valence electrons. The molecule has 6 heteroatoms. The van der Waals surface area contributed by atoms with E-state index in [-0.39, 0.29) is 0 Å². The quantitative estimate of drug-likeness (QED) is 0.377. The summed E-state index contributed by atoms with van der Waals surface area (Å²) in [7, 11) is 0. The third kappa shape index (κ3) is 6.00. The standard InChI is InChI=1S/C25H25Cl3N2O/c26-20-6-4-18(5-7-20)17-31-25-11-8-21(27)14-19(25)16-29-22-9-10-24(23(28)15-22)30-12-2-1-3-13-30/h4-11,14-15,29H,1-3,12-13,16-17H2. The van der Waals surface area contributed by atoms with Crippen molar-refractivity contribution < 1.29 is 4.74 Å². The highest BCUT2D eigenvalue weighted by atomic mass is 35.5. The Bertz CT molecular complexity index is 1020. The van der Waals surface area contributed by atoms with Crippen molar-refractivity contribution in [3.63, 3.8) is 0 Å². The lowest BCUT2D eigenvalue weighted by molar-refractivity contribution is 0.303. The first-order valence-electron chi connectivity index (χ1n) is 10.5. The number of ether oxygens (including phenoxy) is 1. The van der Waals surface area contributed by atoms with E-state index in [1.165, 1.54) is 19.3 Å². The van der Waals surface area contributed by atoms with Crippen molar-refractivity contribution in [2.24, 2.45) is 0 Å². The van der Waals surface area contributed by atoms with E-state index in [2.05, 4.69) is 22.3 Å². The SMILES string of the molecule is Clc1ccc(COc2ccc(Cl)cc2CNc2ccc(N3CCCCC3)c(Cl)c2)cc1. The molecule has 0 unspecified atom stereocenters. The smallest absolute Gasteiger partial charge is 0.124 e. The first-order chi connectivity index (χ1) is 15.1. The Morgan fingerprint density at radius 3 is 2.29 bits per heavy atom. The molecule has 4 rings (SSSR count). The Morgan fingerprint density at radius 2 is 1.55 bits per heavy atom. The van der Waals surface area contributed by atoms with Crippen LogP contribution in [0.15, 0.2) is 60.7 Å². The Morgan fingerprint density at radius 1 is 0.806 bits per heavy atom. The van der Waals surface area contributed by atoms with Gasteiger partial charge in [-0.05, 0) is 73.4 Å². The molecule has 1 aliphatic heterocycles. The molecule has 1 heterocycles. The second kappa shape index (κ2) is 10.5. The van der Waals surface area contributed by atoms with Gasteiger partial charge in [-0.15, -0.1) is 0 Å². The van der Waals surface area contributed by atoms with Gasteiger partial charge in [-0.1, -0.05) is 46.9 Å². The lowest BCUT2D eigenvalue weighted by Crippen LogP contribution is -2.29. The Balaban J connectivity index is 1.42. The number of hydrogen-bond acceptors (Lipinski definition) is 3. The second-order valence-electron chi connectivity index (χ2n) is 7.73. The third-order valence-electron chi connectivity index (χ3n) is 5.46. The highest BCUT2D eigenvalue weighted by Gasteiger charge is 2.14. The molecule has 3 aromatic rings. The number of hydrogen-bond donors (Lipinski definition) is 1. The summed E-state index contributed by atoms with van der Waals surface area (Å²) in [5.74, 6) is 0.794. The van der Waals surface area contributed by atoms with Crippen LogP contribution in [0.5, 0.6) is 5.75 Å². The predicted molar refractivity (Wildman–Crippen MR) is 132 cm³/mol. The molecule has 1 saturated heterocycles. The van der Waals surface area contributed by atoms with Crippen molar-refractivity contribution >= 4 is 46.2 Å². The summed E-state index contributed by atoms with van der Waals surface area (Å²) in [5.41, 5.74) is 4.12. The monoisotopic (exact) mass is 474 g/mol. The number of anilines is 2. The van der Waals surface area contributed by atoms with Crippen LogP contribution in [-0.2, 0) is 13.2 Å². The zero-order valence-corrected chi connectivity index (χ0v) is 19.5. The molecule has 0 spiro atoms. The molecular weight excluding hydrogens is 451 g/mol. The molecule has 0 amide bonds. The molecule has 0 atom stereocenters. The predicted octanol–water partition coefficient (Wildman–Crippen LogP) is 7.83. The molecule has 1 aliphatic rings. The minimum atomic E-state index is 0.460. The van der Waals surface area contributed by atoms with Crippen molar-refractivity contribution in [3.8, 4) is 5.75 Å². The van der Waals surface area contributed by atoms with Gasteiger partial charge in [0.05, 0.1) is 10.7 Å². The van der Waals surface area contributed by atoms with Crippen LogP contribution in [0.25, 0.3) is 0 Å². The second-order valence-corrected chi connectivity index (χ2v) is 9.01. The molecule has 0 aliphatic carbocycles. The maximum atomic E-state index is 6.59. The summed E-state index contributed by atoms with van der Waals surface area (Å²) < 4.78 is 6.05. The molecule has 0 radical (unpaired) electrons. The van der Waals surface area contributed by atoms with Gasteiger partial charge in [-0.3, -0.25) is 0 Å². The zero-order valence-electron chi connectivity index (χ0n) is 17.2. The highest BCUT2D eigenvalue weighted by Crippen LogP contribution is 2.32. The van der Waals surface area contributed by atoms with E-state index in [0.717, 1.165) is 46.4 Å². The van der Waals surface area contributed by atoms with Gasteiger partial charge in [0.1, 0.15) is 12.4 Å². The van der Waals surface area contributed by atoms with Gasteiger partial charge in [0.2, 0.25) is 0 Å². The molecule has 3 aromatic carbocycles. The summed E-state index contributed by atoms with van der Waals surface area (Å²) in [4.78, 5) is 2.37. The van der Waals surface area contributed by atoms with E-state index in [1.54, 1.807) is 0 Å². The number of rotatable bonds is 7. The van der Waals surface area contributed by atoms with Crippen LogP contribution >= 0.6 is 34.8 Å². The molecule has 1 N–H and O–H groups in total. The molecule has 0 bridgehead atoms. The van der Waals surface area contributed by atoms with Gasteiger partial charge in [-0.25, -0.2) is 0 Å². The first kappa shape index (κ1) is 22.1. The number of nitrogens with zero attached hydrogens (tertiary/aromatic N) is 1. The van der Waals surface area contributed by atoms with Crippen LogP contribution in [0.1, 0.15) is 30.4 Å². The summed E-state index contributed by atoms with van der Waals surface area (Å²) in [5, 5.41) is 5.61. The fraction of sp³-hybridized carbons (Fsp3) is 0.280. The van der Waals surface area contributed by atoms with Crippen molar-refractivity contribution in [2.75, 3.05) is 23.3 Å². The topological polar surface area (TPSA) is 24.5 Å². The summed E-state index contributed by atoms with van der Waals surface area (Å²) in [6.07, 6.45) is 3.75. The number of piperidine rings is 1. The Hall–Kier alpha value is -2.07. The maximum Gasteiger partial charge on any atom is 0.124 e. The van der Waals surface area contributed by atoms with Gasteiger partial charge in [0, 0.05) is 40.9 Å². The van der Waals surface area contributed by atoms with Gasteiger partial charge >= 0.3 is 0 Å². The minimum absolute atomic E-state index is 0.460. The van der Waals surface area contributed by atoms with E-state index >= 15 is 0 Å². The van der Waals surface area contributed by atoms with Crippen LogP contribution in [0, 0.1) is 0 Å². The van der Waals surface area contributed by atoms with Crippen LogP contribution in [0.4, 0.5) is 11.4 Å². The van der Waals surface area contributed by atoms with E-state index in [1.807, 2.05) is 48.5 Å². The van der Waals surface area contributed by atoms with E-state index in [0.29, 0.717) is 23.2 Å². The van der Waals surface area contributed by atoms with E-state index in [4.69, 9.17) is 39.5 Å².